The summed E-state index contributed by atoms with van der Waals surface area (Å²) in [6.45, 7) is 0. The van der Waals surface area contributed by atoms with Gasteiger partial charge in [-0.2, -0.15) is 15.0 Å². The first-order chi connectivity index (χ1) is 6.00. The van der Waals surface area contributed by atoms with Gasteiger partial charge in [0.1, 0.15) is 0 Å². The molecule has 0 saturated heterocycles. The number of nitrogens with zero attached hydrogens (tertiary/aromatic N) is 4. The van der Waals surface area contributed by atoms with E-state index in [4.69, 9.17) is 21.7 Å². The Labute approximate surface area is 73.8 Å². The minimum Gasteiger partial charge on any atom is -0.368 e. The third-order valence-corrected chi connectivity index (χ3v) is 1.32. The van der Waals surface area contributed by atoms with Crippen LogP contribution in [0, 0.1) is 0 Å². The molecule has 1 rings (SSSR count). The van der Waals surface area contributed by atoms with Crippen molar-refractivity contribution in [2.24, 2.45) is 0 Å². The Hall–Kier alpha value is -1.67. The Bertz CT molecular complexity index is 283. The maximum absolute atomic E-state index is 8.76. The zero-order valence-electron chi connectivity index (χ0n) is 6.92. The van der Waals surface area contributed by atoms with Crippen molar-refractivity contribution in [1.29, 1.82) is 0 Å². The Kier molecular flexibility index (Phi) is 2.44. The van der Waals surface area contributed by atoms with Gasteiger partial charge in [-0.05, 0) is 0 Å². The molecule has 1 aromatic heterocycles. The summed E-state index contributed by atoms with van der Waals surface area (Å²) in [4.78, 5) is 11.8. The number of aliphatic hydroxyl groups is 2. The quantitative estimate of drug-likeness (QED) is 0.380. The van der Waals surface area contributed by atoms with E-state index in [-0.39, 0.29) is 17.8 Å². The second-order valence-electron chi connectivity index (χ2n) is 2.31. The van der Waals surface area contributed by atoms with Gasteiger partial charge in [-0.1, -0.05) is 0 Å². The van der Waals surface area contributed by atoms with Gasteiger partial charge >= 0.3 is 0 Å². The lowest BCUT2D eigenvalue weighted by molar-refractivity contribution is -0.0380. The summed E-state index contributed by atoms with van der Waals surface area (Å²) >= 11 is 0. The first-order valence-corrected chi connectivity index (χ1v) is 3.36. The van der Waals surface area contributed by atoms with E-state index < -0.39 is 6.41 Å². The van der Waals surface area contributed by atoms with Crippen molar-refractivity contribution in [1.82, 2.24) is 15.0 Å². The number of anilines is 3. The Morgan fingerprint density at radius 1 is 1.15 bits per heavy atom. The minimum absolute atomic E-state index is 0.000000000000000222. The van der Waals surface area contributed by atoms with Crippen LogP contribution in [0.5, 0.6) is 0 Å². The smallest absolute Gasteiger partial charge is 0.237 e. The van der Waals surface area contributed by atoms with E-state index in [0.29, 0.717) is 0 Å². The number of aromatic nitrogens is 3. The topological polar surface area (TPSA) is 134 Å². The second kappa shape index (κ2) is 3.37. The first-order valence-electron chi connectivity index (χ1n) is 3.36. The predicted molar refractivity (Wildman–Crippen MR) is 45.3 cm³/mol. The zero-order chi connectivity index (χ0) is 10.0. The van der Waals surface area contributed by atoms with Crippen molar-refractivity contribution in [2.75, 3.05) is 23.4 Å². The highest BCUT2D eigenvalue weighted by atomic mass is 16.5. The molecule has 6 N–H and O–H groups in total. The number of nitrogen functional groups attached to an aromatic ring is 2. The number of hydrogen-bond acceptors (Lipinski definition) is 8. The third-order valence-electron chi connectivity index (χ3n) is 1.32. The molecule has 1 aromatic rings. The molecule has 0 aromatic carbocycles. The highest BCUT2D eigenvalue weighted by molar-refractivity contribution is 5.38. The van der Waals surface area contributed by atoms with Crippen LogP contribution in [0.1, 0.15) is 0 Å². The lowest BCUT2D eigenvalue weighted by Gasteiger charge is -2.18. The SMILES string of the molecule is CN(c1nc(N)nc(N)n1)C(O)O. The molecule has 0 radical (unpaired) electrons. The van der Waals surface area contributed by atoms with Gasteiger partial charge in [-0.15, -0.1) is 0 Å². The summed E-state index contributed by atoms with van der Waals surface area (Å²) in [5, 5.41) is 17.5. The zero-order valence-corrected chi connectivity index (χ0v) is 6.92. The van der Waals surface area contributed by atoms with E-state index in [1.807, 2.05) is 0 Å². The fraction of sp³-hybridized carbons (Fsp3) is 0.400. The molecule has 0 atom stereocenters. The molecular formula is C5H10N6O2. The van der Waals surface area contributed by atoms with Crippen molar-refractivity contribution in [3.63, 3.8) is 0 Å². The van der Waals surface area contributed by atoms with Crippen LogP contribution in [0.25, 0.3) is 0 Å². The lowest BCUT2D eigenvalue weighted by atomic mass is 10.7. The van der Waals surface area contributed by atoms with Gasteiger partial charge in [0.2, 0.25) is 24.3 Å². The summed E-state index contributed by atoms with van der Waals surface area (Å²) < 4.78 is 0. The molecule has 72 valence electrons. The molecule has 8 nitrogen and oxygen atoms in total. The Balaban J connectivity index is 3.01. The van der Waals surface area contributed by atoms with Crippen LogP contribution < -0.4 is 16.4 Å². The molecule has 0 amide bonds. The van der Waals surface area contributed by atoms with E-state index in [1.165, 1.54) is 7.05 Å². The summed E-state index contributed by atoms with van der Waals surface area (Å²) in [7, 11) is 1.37. The summed E-state index contributed by atoms with van der Waals surface area (Å²) in [5.74, 6) is -0.148. The Morgan fingerprint density at radius 3 is 2.00 bits per heavy atom. The summed E-state index contributed by atoms with van der Waals surface area (Å²) in [6, 6.07) is 0. The molecule has 0 aliphatic carbocycles. The van der Waals surface area contributed by atoms with Crippen LogP contribution in [-0.4, -0.2) is 38.6 Å². The molecule has 8 heteroatoms. The molecule has 1 heterocycles. The fourth-order valence-electron chi connectivity index (χ4n) is 0.658. The van der Waals surface area contributed by atoms with Gasteiger partial charge in [0.15, 0.2) is 0 Å². The predicted octanol–water partition coefficient (Wildman–Crippen LogP) is -2.26. The molecule has 0 aliphatic heterocycles. The maximum atomic E-state index is 8.76. The van der Waals surface area contributed by atoms with E-state index in [0.717, 1.165) is 4.90 Å². The summed E-state index contributed by atoms with van der Waals surface area (Å²) in [6.07, 6.45) is -1.71. The summed E-state index contributed by atoms with van der Waals surface area (Å²) in [5.41, 5.74) is 10.5. The van der Waals surface area contributed by atoms with Gasteiger partial charge in [0, 0.05) is 7.05 Å². The average Bonchev–Trinajstić information content (AvgIpc) is 2.01. The molecule has 0 spiro atoms. The van der Waals surface area contributed by atoms with Crippen LogP contribution in [0.3, 0.4) is 0 Å². The number of nitrogens with two attached hydrogens (primary N) is 2. The van der Waals surface area contributed by atoms with E-state index >= 15 is 0 Å². The number of rotatable bonds is 2. The minimum atomic E-state index is -1.71. The van der Waals surface area contributed by atoms with Crippen LogP contribution in [-0.2, 0) is 0 Å². The van der Waals surface area contributed by atoms with Crippen molar-refractivity contribution >= 4 is 17.8 Å². The maximum Gasteiger partial charge on any atom is 0.237 e. The van der Waals surface area contributed by atoms with Crippen LogP contribution >= 0.6 is 0 Å². The molecule has 0 aliphatic rings. The number of hydrogen-bond donors (Lipinski definition) is 4. The van der Waals surface area contributed by atoms with Crippen molar-refractivity contribution in [2.45, 2.75) is 6.41 Å². The normalized spacial score (nSPS) is 10.5. The van der Waals surface area contributed by atoms with E-state index in [2.05, 4.69) is 15.0 Å². The molecule has 0 saturated carbocycles. The van der Waals surface area contributed by atoms with Crippen LogP contribution in [0.15, 0.2) is 0 Å². The lowest BCUT2D eigenvalue weighted by Crippen LogP contribution is -2.32. The van der Waals surface area contributed by atoms with Crippen LogP contribution in [0.4, 0.5) is 17.8 Å². The average molecular weight is 186 g/mol. The van der Waals surface area contributed by atoms with Gasteiger partial charge in [0.05, 0.1) is 0 Å². The fourth-order valence-corrected chi connectivity index (χ4v) is 0.658. The van der Waals surface area contributed by atoms with Gasteiger partial charge in [-0.25, -0.2) is 0 Å². The van der Waals surface area contributed by atoms with Crippen LogP contribution in [0.2, 0.25) is 0 Å². The standard InChI is InChI=1S/C5H10N6O2/c1-11(5(12)13)4-9-2(6)8-3(7)10-4/h5,12-13H,1H3,(H4,6,7,8,9,10). The van der Waals surface area contributed by atoms with Gasteiger partial charge < -0.3 is 21.7 Å². The highest BCUT2D eigenvalue weighted by Gasteiger charge is 2.12. The molecular weight excluding hydrogens is 176 g/mol. The first kappa shape index (κ1) is 9.42. The molecule has 13 heavy (non-hydrogen) atoms. The van der Waals surface area contributed by atoms with Crippen molar-refractivity contribution in [3.8, 4) is 0 Å². The van der Waals surface area contributed by atoms with Gasteiger partial charge in [-0.3, -0.25) is 4.90 Å². The largest absolute Gasteiger partial charge is 0.368 e. The molecule has 0 unspecified atom stereocenters. The second-order valence-corrected chi connectivity index (χ2v) is 2.31. The number of aliphatic hydroxyl groups excluding tert-OH is 1. The van der Waals surface area contributed by atoms with Gasteiger partial charge in [0.25, 0.3) is 0 Å². The van der Waals surface area contributed by atoms with Crippen molar-refractivity contribution in [3.05, 3.63) is 0 Å². The highest BCUT2D eigenvalue weighted by Crippen LogP contribution is 2.08. The monoisotopic (exact) mass is 186 g/mol. The Morgan fingerprint density at radius 2 is 1.62 bits per heavy atom. The molecule has 0 fully saturated rings. The van der Waals surface area contributed by atoms with E-state index in [9.17, 15) is 0 Å². The third kappa shape index (κ3) is 2.13. The van der Waals surface area contributed by atoms with E-state index in [1.54, 1.807) is 0 Å². The molecule has 0 bridgehead atoms. The van der Waals surface area contributed by atoms with Crippen molar-refractivity contribution < 1.29 is 10.2 Å².